The number of nitrogens with zero attached hydrogens (tertiary/aromatic N) is 1. The molecular formula is C31H42FN. The van der Waals surface area contributed by atoms with Gasteiger partial charge in [0.25, 0.3) is 0 Å². The van der Waals surface area contributed by atoms with Gasteiger partial charge in [0.2, 0.25) is 0 Å². The number of hydrogen-bond donors (Lipinski definition) is 0. The molecule has 1 aromatic carbocycles. The van der Waals surface area contributed by atoms with E-state index < -0.39 is 5.83 Å². The van der Waals surface area contributed by atoms with Crippen molar-refractivity contribution < 1.29 is 4.39 Å². The molecule has 2 fully saturated rings. The third-order valence-corrected chi connectivity index (χ3v) is 7.82. The van der Waals surface area contributed by atoms with E-state index in [1.165, 1.54) is 94.8 Å². The average molecular weight is 448 g/mol. The Morgan fingerprint density at radius 1 is 0.970 bits per heavy atom. The maximum Gasteiger partial charge on any atom is 0.199 e. The number of halogens is 1. The fraction of sp³-hybridized carbons (Fsp3) is 0.581. The molecule has 0 radical (unpaired) electrons. The predicted molar refractivity (Wildman–Crippen MR) is 138 cm³/mol. The van der Waals surface area contributed by atoms with E-state index in [0.717, 1.165) is 30.1 Å². The van der Waals surface area contributed by atoms with Crippen molar-refractivity contribution in [2.75, 3.05) is 0 Å². The summed E-state index contributed by atoms with van der Waals surface area (Å²) in [6, 6.07) is 11.0. The highest BCUT2D eigenvalue weighted by Gasteiger charge is 2.22. The Bertz CT molecular complexity index is 809. The number of aryl methyl sites for hydroxylation is 1. The summed E-state index contributed by atoms with van der Waals surface area (Å²) in [5.41, 5.74) is 3.05. The lowest BCUT2D eigenvalue weighted by Crippen LogP contribution is -2.14. The van der Waals surface area contributed by atoms with E-state index in [9.17, 15) is 4.39 Å². The molecule has 0 aliphatic heterocycles. The molecule has 33 heavy (non-hydrogen) atoms. The fourth-order valence-corrected chi connectivity index (χ4v) is 5.58. The van der Waals surface area contributed by atoms with Crippen molar-refractivity contribution in [2.45, 2.75) is 96.3 Å². The van der Waals surface area contributed by atoms with Crippen LogP contribution in [0.2, 0.25) is 0 Å². The zero-order valence-electron chi connectivity index (χ0n) is 20.5. The molecule has 2 saturated carbocycles. The van der Waals surface area contributed by atoms with Crippen molar-refractivity contribution >= 4 is 0 Å². The molecule has 0 atom stereocenters. The second-order valence-corrected chi connectivity index (χ2v) is 10.3. The molecule has 1 aromatic rings. The van der Waals surface area contributed by atoms with Crippen molar-refractivity contribution in [3.8, 4) is 6.07 Å². The molecule has 0 N–H and O–H groups in total. The van der Waals surface area contributed by atoms with Crippen molar-refractivity contribution in [3.63, 3.8) is 0 Å². The summed E-state index contributed by atoms with van der Waals surface area (Å²) in [5, 5.41) is 8.40. The maximum atomic E-state index is 12.8. The average Bonchev–Trinajstić information content (AvgIpc) is 2.87. The smallest absolute Gasteiger partial charge is 0.195 e. The SMILES string of the molecule is CCCCc1ccc([C@H]2CC[C@H](/C=C/[C@H]3CC[C@H](CCC=CC=C(F)C#N)CC3)CC2)cc1. The Labute approximate surface area is 201 Å². The summed E-state index contributed by atoms with van der Waals surface area (Å²) in [6.45, 7) is 2.26. The van der Waals surface area contributed by atoms with Gasteiger partial charge in [-0.3, -0.25) is 0 Å². The third kappa shape index (κ3) is 8.96. The highest BCUT2D eigenvalue weighted by atomic mass is 19.1. The molecular weight excluding hydrogens is 405 g/mol. The third-order valence-electron chi connectivity index (χ3n) is 7.82. The molecule has 0 spiro atoms. The predicted octanol–water partition coefficient (Wildman–Crippen LogP) is 9.38. The Balaban J connectivity index is 1.32. The molecule has 178 valence electrons. The molecule has 2 aliphatic rings. The standard InChI is InChI=1S/C31H42FN/c1-2-3-7-25-16-20-29(21-17-25)30-22-18-28(19-23-30)15-14-27-12-10-26(11-13-27)8-5-4-6-9-31(32)24-33/h4,6,9,14-17,20-21,26-28,30H,2-3,5,7-8,10-13,18-19,22-23H2,1H3/b6-4?,15-14+,31-9?/t26-,27-,28-,30-. The van der Waals surface area contributed by atoms with Crippen LogP contribution in [0.3, 0.4) is 0 Å². The molecule has 3 rings (SSSR count). The molecule has 0 unspecified atom stereocenters. The zero-order valence-corrected chi connectivity index (χ0v) is 20.5. The van der Waals surface area contributed by atoms with Gasteiger partial charge in [0, 0.05) is 0 Å². The van der Waals surface area contributed by atoms with Crippen LogP contribution < -0.4 is 0 Å². The van der Waals surface area contributed by atoms with Crippen LogP contribution in [0.15, 0.2) is 60.5 Å². The van der Waals surface area contributed by atoms with Crippen LogP contribution in [0.4, 0.5) is 4.39 Å². The molecule has 0 heterocycles. The Morgan fingerprint density at radius 2 is 1.61 bits per heavy atom. The number of hydrogen-bond acceptors (Lipinski definition) is 1. The number of unbranched alkanes of at least 4 members (excludes halogenated alkanes) is 1. The van der Waals surface area contributed by atoms with Gasteiger partial charge in [0.15, 0.2) is 5.83 Å². The van der Waals surface area contributed by atoms with Crippen LogP contribution in [-0.4, -0.2) is 0 Å². The summed E-state index contributed by atoms with van der Waals surface area (Å²) in [7, 11) is 0. The van der Waals surface area contributed by atoms with Gasteiger partial charge < -0.3 is 0 Å². The molecule has 0 saturated heterocycles. The Hall–Kier alpha value is -2.14. The topological polar surface area (TPSA) is 23.8 Å². The first-order valence-electron chi connectivity index (χ1n) is 13.4. The second-order valence-electron chi connectivity index (χ2n) is 10.3. The quantitative estimate of drug-likeness (QED) is 0.199. The molecule has 2 aliphatic carbocycles. The minimum Gasteiger partial charge on any atom is -0.195 e. The summed E-state index contributed by atoms with van der Waals surface area (Å²) in [5.74, 6) is 2.37. The zero-order chi connectivity index (χ0) is 23.3. The Morgan fingerprint density at radius 3 is 2.21 bits per heavy atom. The second kappa shape index (κ2) is 14.2. The lowest BCUT2D eigenvalue weighted by atomic mass is 9.76. The summed E-state index contributed by atoms with van der Waals surface area (Å²) >= 11 is 0. The van der Waals surface area contributed by atoms with Gasteiger partial charge in [0.1, 0.15) is 6.07 Å². The summed E-state index contributed by atoms with van der Waals surface area (Å²) in [4.78, 5) is 0. The minimum atomic E-state index is -0.719. The number of benzene rings is 1. The van der Waals surface area contributed by atoms with Crippen LogP contribution in [0, 0.1) is 29.1 Å². The van der Waals surface area contributed by atoms with Gasteiger partial charge in [-0.1, -0.05) is 61.9 Å². The molecule has 1 nitrogen and oxygen atoms in total. The Kier molecular flexibility index (Phi) is 11.0. The van der Waals surface area contributed by atoms with Crippen molar-refractivity contribution in [3.05, 3.63) is 71.6 Å². The van der Waals surface area contributed by atoms with E-state index in [4.69, 9.17) is 5.26 Å². The van der Waals surface area contributed by atoms with Crippen molar-refractivity contribution in [2.24, 2.45) is 17.8 Å². The molecule has 0 bridgehead atoms. The van der Waals surface area contributed by atoms with Gasteiger partial charge in [0.05, 0.1) is 0 Å². The molecule has 0 amide bonds. The van der Waals surface area contributed by atoms with Gasteiger partial charge in [-0.15, -0.1) is 0 Å². The van der Waals surface area contributed by atoms with E-state index >= 15 is 0 Å². The highest BCUT2D eigenvalue weighted by molar-refractivity contribution is 5.26. The van der Waals surface area contributed by atoms with Crippen LogP contribution in [-0.2, 0) is 6.42 Å². The first-order valence-corrected chi connectivity index (χ1v) is 13.4. The first-order chi connectivity index (χ1) is 16.2. The van der Waals surface area contributed by atoms with Crippen LogP contribution in [0.25, 0.3) is 0 Å². The lowest BCUT2D eigenvalue weighted by Gasteiger charge is -2.29. The number of rotatable bonds is 10. The van der Waals surface area contributed by atoms with Crippen LogP contribution >= 0.6 is 0 Å². The largest absolute Gasteiger partial charge is 0.199 e. The van der Waals surface area contributed by atoms with E-state index in [1.807, 2.05) is 6.08 Å². The van der Waals surface area contributed by atoms with Gasteiger partial charge in [-0.2, -0.15) is 9.65 Å². The van der Waals surface area contributed by atoms with Crippen LogP contribution in [0.1, 0.15) is 101 Å². The lowest BCUT2D eigenvalue weighted by molar-refractivity contribution is 0.295. The minimum absolute atomic E-state index is 0.719. The number of allylic oxidation sites excluding steroid dienone is 6. The van der Waals surface area contributed by atoms with E-state index in [2.05, 4.69) is 43.3 Å². The van der Waals surface area contributed by atoms with Crippen LogP contribution in [0.5, 0.6) is 0 Å². The monoisotopic (exact) mass is 447 g/mol. The fourth-order valence-electron chi connectivity index (χ4n) is 5.58. The van der Waals surface area contributed by atoms with Crippen molar-refractivity contribution in [1.29, 1.82) is 5.26 Å². The van der Waals surface area contributed by atoms with Gasteiger partial charge >= 0.3 is 0 Å². The highest BCUT2D eigenvalue weighted by Crippen LogP contribution is 2.38. The number of nitriles is 1. The summed E-state index contributed by atoms with van der Waals surface area (Å²) in [6.07, 6.45) is 26.5. The van der Waals surface area contributed by atoms with E-state index in [-0.39, 0.29) is 0 Å². The molecule has 0 aromatic heterocycles. The van der Waals surface area contributed by atoms with E-state index in [0.29, 0.717) is 0 Å². The molecule has 2 heteroatoms. The van der Waals surface area contributed by atoms with Gasteiger partial charge in [-0.05, 0) is 118 Å². The first kappa shape index (κ1) is 25.5. The maximum absolute atomic E-state index is 12.8. The van der Waals surface area contributed by atoms with Gasteiger partial charge in [-0.25, -0.2) is 0 Å². The summed E-state index contributed by atoms with van der Waals surface area (Å²) < 4.78 is 12.8. The van der Waals surface area contributed by atoms with E-state index in [1.54, 1.807) is 11.6 Å². The normalized spacial score (nSPS) is 26.6. The van der Waals surface area contributed by atoms with Crippen molar-refractivity contribution in [1.82, 2.24) is 0 Å².